The van der Waals surface area contributed by atoms with Crippen molar-refractivity contribution >= 4 is 17.0 Å². The highest BCUT2D eigenvalue weighted by atomic mass is 19.1. The predicted octanol–water partition coefficient (Wildman–Crippen LogP) is 3.45. The third-order valence-corrected chi connectivity index (χ3v) is 2.77. The Hall–Kier alpha value is -2.43. The molecule has 0 bridgehead atoms. The van der Waals surface area contributed by atoms with Gasteiger partial charge in [-0.2, -0.15) is 0 Å². The standard InChI is InChI=1S/C14H11F2N3/c15-10-5-9(6-11(16)7-10)8-17-14-18-12-3-1-2-4-13(12)19-14/h1-7H,8H2,(H2,17,18,19). The number of hydrogen-bond donors (Lipinski definition) is 2. The summed E-state index contributed by atoms with van der Waals surface area (Å²) in [6, 6.07) is 11.0. The van der Waals surface area contributed by atoms with E-state index in [2.05, 4.69) is 15.3 Å². The molecule has 0 saturated carbocycles. The fourth-order valence-corrected chi connectivity index (χ4v) is 1.94. The summed E-state index contributed by atoms with van der Waals surface area (Å²) in [7, 11) is 0. The number of H-pyrrole nitrogens is 1. The monoisotopic (exact) mass is 259 g/mol. The summed E-state index contributed by atoms with van der Waals surface area (Å²) >= 11 is 0. The molecule has 0 atom stereocenters. The molecule has 0 aliphatic carbocycles. The highest BCUT2D eigenvalue weighted by Crippen LogP contribution is 2.14. The number of hydrogen-bond acceptors (Lipinski definition) is 2. The molecule has 5 heteroatoms. The highest BCUT2D eigenvalue weighted by Gasteiger charge is 2.03. The van der Waals surface area contributed by atoms with Gasteiger partial charge in [0, 0.05) is 12.6 Å². The molecule has 3 nitrogen and oxygen atoms in total. The van der Waals surface area contributed by atoms with Gasteiger partial charge in [-0.3, -0.25) is 0 Å². The first-order valence-electron chi connectivity index (χ1n) is 5.84. The van der Waals surface area contributed by atoms with E-state index >= 15 is 0 Å². The Kier molecular flexibility index (Phi) is 2.87. The number of nitrogens with one attached hydrogen (secondary N) is 2. The molecule has 2 aromatic carbocycles. The van der Waals surface area contributed by atoms with E-state index in [1.165, 1.54) is 12.1 Å². The van der Waals surface area contributed by atoms with Crippen LogP contribution in [0.1, 0.15) is 5.56 Å². The average molecular weight is 259 g/mol. The van der Waals surface area contributed by atoms with Gasteiger partial charge in [0.1, 0.15) is 11.6 Å². The Morgan fingerprint density at radius 1 is 1.05 bits per heavy atom. The van der Waals surface area contributed by atoms with Crippen LogP contribution in [0.25, 0.3) is 11.0 Å². The van der Waals surface area contributed by atoms with Crippen molar-refractivity contribution in [3.8, 4) is 0 Å². The first kappa shape index (κ1) is 11.6. The third-order valence-electron chi connectivity index (χ3n) is 2.77. The van der Waals surface area contributed by atoms with E-state index in [1.807, 2.05) is 24.3 Å². The summed E-state index contributed by atoms with van der Waals surface area (Å²) < 4.78 is 26.1. The lowest BCUT2D eigenvalue weighted by Gasteiger charge is -2.03. The van der Waals surface area contributed by atoms with Gasteiger partial charge in [0.05, 0.1) is 11.0 Å². The number of para-hydroxylation sites is 2. The van der Waals surface area contributed by atoms with Crippen molar-refractivity contribution in [2.75, 3.05) is 5.32 Å². The lowest BCUT2D eigenvalue weighted by atomic mass is 10.2. The Balaban J connectivity index is 1.78. The third kappa shape index (κ3) is 2.54. The summed E-state index contributed by atoms with van der Waals surface area (Å²) in [5.74, 6) is -0.589. The molecule has 3 rings (SSSR count). The number of aromatic nitrogens is 2. The summed E-state index contributed by atoms with van der Waals surface area (Å²) in [6.07, 6.45) is 0. The molecule has 3 aromatic rings. The molecule has 0 radical (unpaired) electrons. The van der Waals surface area contributed by atoms with Crippen molar-refractivity contribution in [2.45, 2.75) is 6.54 Å². The maximum absolute atomic E-state index is 13.0. The second-order valence-electron chi connectivity index (χ2n) is 4.23. The lowest BCUT2D eigenvalue weighted by Crippen LogP contribution is -2.01. The molecule has 0 fully saturated rings. The van der Waals surface area contributed by atoms with Gasteiger partial charge in [-0.25, -0.2) is 13.8 Å². The van der Waals surface area contributed by atoms with E-state index in [0.29, 0.717) is 18.1 Å². The number of nitrogens with zero attached hydrogens (tertiary/aromatic N) is 1. The SMILES string of the molecule is Fc1cc(F)cc(CNc2nc3ccccc3[nH]2)c1. The van der Waals surface area contributed by atoms with Crippen molar-refractivity contribution in [1.82, 2.24) is 9.97 Å². The van der Waals surface area contributed by atoms with Crippen molar-refractivity contribution in [2.24, 2.45) is 0 Å². The van der Waals surface area contributed by atoms with Gasteiger partial charge in [-0.1, -0.05) is 12.1 Å². The van der Waals surface area contributed by atoms with Gasteiger partial charge in [-0.05, 0) is 29.8 Å². The van der Waals surface area contributed by atoms with Gasteiger partial charge in [0.15, 0.2) is 0 Å². The average Bonchev–Trinajstić information content (AvgIpc) is 2.78. The number of imidazole rings is 1. The van der Waals surface area contributed by atoms with Crippen LogP contribution in [0.15, 0.2) is 42.5 Å². The summed E-state index contributed by atoms with van der Waals surface area (Å²) in [5.41, 5.74) is 2.28. The van der Waals surface area contributed by atoms with Crippen molar-refractivity contribution in [1.29, 1.82) is 0 Å². The Labute approximate surface area is 108 Å². The fraction of sp³-hybridized carbons (Fsp3) is 0.0714. The first-order valence-corrected chi connectivity index (χ1v) is 5.84. The topological polar surface area (TPSA) is 40.7 Å². The zero-order chi connectivity index (χ0) is 13.2. The minimum absolute atomic E-state index is 0.300. The minimum Gasteiger partial charge on any atom is -0.352 e. The molecule has 0 unspecified atom stereocenters. The van der Waals surface area contributed by atoms with Crippen LogP contribution in [0.5, 0.6) is 0 Å². The number of anilines is 1. The molecule has 1 aromatic heterocycles. The van der Waals surface area contributed by atoms with Crippen LogP contribution in [-0.2, 0) is 6.54 Å². The molecule has 2 N–H and O–H groups in total. The molecule has 1 heterocycles. The Morgan fingerprint density at radius 3 is 2.53 bits per heavy atom. The molecule has 96 valence electrons. The molecular formula is C14H11F2N3. The van der Waals surface area contributed by atoms with Gasteiger partial charge in [0.2, 0.25) is 5.95 Å². The summed E-state index contributed by atoms with van der Waals surface area (Å²) in [4.78, 5) is 7.40. The van der Waals surface area contributed by atoms with Crippen LogP contribution in [0.4, 0.5) is 14.7 Å². The van der Waals surface area contributed by atoms with E-state index in [1.54, 1.807) is 0 Å². The highest BCUT2D eigenvalue weighted by molar-refractivity contribution is 5.77. The zero-order valence-electron chi connectivity index (χ0n) is 9.95. The Bertz CT molecular complexity index is 668. The van der Waals surface area contributed by atoms with Gasteiger partial charge in [0.25, 0.3) is 0 Å². The van der Waals surface area contributed by atoms with Crippen LogP contribution in [0.2, 0.25) is 0 Å². The maximum Gasteiger partial charge on any atom is 0.201 e. The summed E-state index contributed by atoms with van der Waals surface area (Å²) in [6.45, 7) is 0.300. The second-order valence-corrected chi connectivity index (χ2v) is 4.23. The predicted molar refractivity (Wildman–Crippen MR) is 69.8 cm³/mol. The molecule has 0 aliphatic heterocycles. The largest absolute Gasteiger partial charge is 0.352 e. The normalized spacial score (nSPS) is 10.8. The van der Waals surface area contributed by atoms with E-state index < -0.39 is 11.6 Å². The number of fused-ring (bicyclic) bond motifs is 1. The maximum atomic E-state index is 13.0. The van der Waals surface area contributed by atoms with Crippen LogP contribution in [0.3, 0.4) is 0 Å². The Morgan fingerprint density at radius 2 is 1.79 bits per heavy atom. The second kappa shape index (κ2) is 4.68. The van der Waals surface area contributed by atoms with Crippen LogP contribution in [-0.4, -0.2) is 9.97 Å². The minimum atomic E-state index is -0.582. The van der Waals surface area contributed by atoms with Crippen molar-refractivity contribution in [3.05, 3.63) is 59.7 Å². The molecule has 0 amide bonds. The molecule has 0 spiro atoms. The van der Waals surface area contributed by atoms with E-state index in [-0.39, 0.29) is 0 Å². The fourth-order valence-electron chi connectivity index (χ4n) is 1.94. The van der Waals surface area contributed by atoms with Crippen molar-refractivity contribution in [3.63, 3.8) is 0 Å². The number of benzene rings is 2. The van der Waals surface area contributed by atoms with Gasteiger partial charge in [-0.15, -0.1) is 0 Å². The zero-order valence-corrected chi connectivity index (χ0v) is 9.95. The number of rotatable bonds is 3. The first-order chi connectivity index (χ1) is 9.20. The quantitative estimate of drug-likeness (QED) is 0.756. The molecule has 0 saturated heterocycles. The number of aromatic amines is 1. The van der Waals surface area contributed by atoms with Crippen LogP contribution < -0.4 is 5.32 Å². The molecule has 0 aliphatic rings. The van der Waals surface area contributed by atoms with Crippen LogP contribution in [0, 0.1) is 11.6 Å². The van der Waals surface area contributed by atoms with E-state index in [9.17, 15) is 8.78 Å². The van der Waals surface area contributed by atoms with Gasteiger partial charge >= 0.3 is 0 Å². The van der Waals surface area contributed by atoms with E-state index in [0.717, 1.165) is 17.1 Å². The van der Waals surface area contributed by atoms with Crippen LogP contribution >= 0.6 is 0 Å². The van der Waals surface area contributed by atoms with E-state index in [4.69, 9.17) is 0 Å². The summed E-state index contributed by atoms with van der Waals surface area (Å²) in [5, 5.41) is 3.00. The van der Waals surface area contributed by atoms with Crippen molar-refractivity contribution < 1.29 is 8.78 Å². The lowest BCUT2D eigenvalue weighted by molar-refractivity contribution is 0.580. The molecule has 19 heavy (non-hydrogen) atoms. The smallest absolute Gasteiger partial charge is 0.201 e. The molecular weight excluding hydrogens is 248 g/mol. The number of halogens is 2. The van der Waals surface area contributed by atoms with Gasteiger partial charge < -0.3 is 10.3 Å².